The molecule has 1 aromatic heterocycles. The number of carbonyl (C=O) groups excluding carboxylic acids is 1. The molecular formula is C16H20N2O5. The van der Waals surface area contributed by atoms with Crippen LogP contribution in [0.2, 0.25) is 0 Å². The van der Waals surface area contributed by atoms with E-state index in [0.29, 0.717) is 11.6 Å². The number of ether oxygens (including phenoxy) is 2. The molecule has 0 radical (unpaired) electrons. The Labute approximate surface area is 134 Å². The van der Waals surface area contributed by atoms with Gasteiger partial charge in [0.1, 0.15) is 18.0 Å². The molecule has 2 rings (SSSR count). The fourth-order valence-corrected chi connectivity index (χ4v) is 1.71. The molecule has 0 bridgehead atoms. The lowest BCUT2D eigenvalue weighted by molar-refractivity contribution is 0.0519. The number of hydrogen-bond donors (Lipinski definition) is 2. The number of aromatic hydroxyl groups is 1. The number of rotatable bonds is 5. The van der Waals surface area contributed by atoms with Crippen LogP contribution in [0, 0.1) is 0 Å². The summed E-state index contributed by atoms with van der Waals surface area (Å²) in [6, 6.07) is 8.18. The molecule has 7 heteroatoms. The van der Waals surface area contributed by atoms with E-state index in [0.717, 1.165) is 5.56 Å². The maximum Gasteiger partial charge on any atom is 0.407 e. The Morgan fingerprint density at radius 3 is 2.65 bits per heavy atom. The van der Waals surface area contributed by atoms with Crippen LogP contribution in [0.15, 0.2) is 34.9 Å². The second-order valence-corrected chi connectivity index (χ2v) is 5.85. The maximum absolute atomic E-state index is 11.4. The van der Waals surface area contributed by atoms with Crippen LogP contribution < -0.4 is 10.1 Å². The summed E-state index contributed by atoms with van der Waals surface area (Å²) in [6.45, 7) is 5.91. The minimum atomic E-state index is -0.532. The number of carbonyl (C=O) groups is 1. The molecular weight excluding hydrogens is 300 g/mol. The molecule has 0 fully saturated rings. The summed E-state index contributed by atoms with van der Waals surface area (Å²) in [4.78, 5) is 11.4. The second kappa shape index (κ2) is 7.04. The fourth-order valence-electron chi connectivity index (χ4n) is 1.71. The summed E-state index contributed by atoms with van der Waals surface area (Å²) in [5, 5.41) is 15.6. The monoisotopic (exact) mass is 320 g/mol. The lowest BCUT2D eigenvalue weighted by Gasteiger charge is -2.19. The van der Waals surface area contributed by atoms with Crippen molar-refractivity contribution in [3.05, 3.63) is 30.3 Å². The third kappa shape index (κ3) is 5.54. The molecule has 1 amide bonds. The summed E-state index contributed by atoms with van der Waals surface area (Å²) in [7, 11) is 0. The number of phenolic OH excluding ortho intramolecular Hbond substituents is 1. The van der Waals surface area contributed by atoms with Gasteiger partial charge in [0.15, 0.2) is 5.76 Å². The van der Waals surface area contributed by atoms with Crippen molar-refractivity contribution >= 4 is 6.09 Å². The molecule has 0 aliphatic carbocycles. The molecule has 0 unspecified atom stereocenters. The lowest BCUT2D eigenvalue weighted by atomic mass is 10.2. The van der Waals surface area contributed by atoms with E-state index in [2.05, 4.69) is 10.5 Å². The van der Waals surface area contributed by atoms with Crippen LogP contribution in [0.4, 0.5) is 4.79 Å². The zero-order chi connectivity index (χ0) is 16.9. The first kappa shape index (κ1) is 16.7. The van der Waals surface area contributed by atoms with Gasteiger partial charge in [-0.2, -0.15) is 0 Å². The van der Waals surface area contributed by atoms with Crippen molar-refractivity contribution < 1.29 is 23.9 Å². The van der Waals surface area contributed by atoms with Crippen molar-refractivity contribution in [1.82, 2.24) is 10.5 Å². The van der Waals surface area contributed by atoms with Crippen LogP contribution in [-0.2, 0) is 4.74 Å². The number of phenols is 1. The largest absolute Gasteiger partial charge is 0.508 e. The molecule has 7 nitrogen and oxygen atoms in total. The standard InChI is InChI=1S/C16H20N2O5/c1-16(2,3)22-15(20)17-8-9-21-14-10-13(23-18-14)11-4-6-12(19)7-5-11/h4-7,10,19H,8-9H2,1-3H3,(H,17,20). The molecule has 124 valence electrons. The quantitative estimate of drug-likeness (QED) is 0.823. The van der Waals surface area contributed by atoms with Gasteiger partial charge in [0.2, 0.25) is 0 Å². The van der Waals surface area contributed by atoms with Crippen LogP contribution in [0.1, 0.15) is 20.8 Å². The van der Waals surface area contributed by atoms with Crippen molar-refractivity contribution in [2.24, 2.45) is 0 Å². The highest BCUT2D eigenvalue weighted by atomic mass is 16.6. The second-order valence-electron chi connectivity index (χ2n) is 5.85. The molecule has 23 heavy (non-hydrogen) atoms. The van der Waals surface area contributed by atoms with Crippen LogP contribution in [0.3, 0.4) is 0 Å². The SMILES string of the molecule is CC(C)(C)OC(=O)NCCOc1cc(-c2ccc(O)cc2)on1. The third-order valence-electron chi connectivity index (χ3n) is 2.66. The van der Waals surface area contributed by atoms with Gasteiger partial charge in [0, 0.05) is 11.6 Å². The maximum atomic E-state index is 11.4. The molecule has 0 aliphatic heterocycles. The van der Waals surface area contributed by atoms with E-state index in [1.807, 2.05) is 0 Å². The molecule has 0 saturated carbocycles. The van der Waals surface area contributed by atoms with E-state index in [-0.39, 0.29) is 18.9 Å². The van der Waals surface area contributed by atoms with E-state index in [9.17, 15) is 9.90 Å². The molecule has 2 N–H and O–H groups in total. The molecule has 0 aliphatic rings. The van der Waals surface area contributed by atoms with Crippen LogP contribution in [0.25, 0.3) is 11.3 Å². The Hall–Kier alpha value is -2.70. The third-order valence-corrected chi connectivity index (χ3v) is 2.66. The average molecular weight is 320 g/mol. The number of nitrogens with one attached hydrogen (secondary N) is 1. The van der Waals surface area contributed by atoms with Crippen molar-refractivity contribution in [3.8, 4) is 23.0 Å². The van der Waals surface area contributed by atoms with E-state index >= 15 is 0 Å². The summed E-state index contributed by atoms with van der Waals surface area (Å²) in [5.74, 6) is 1.03. The fraction of sp³-hybridized carbons (Fsp3) is 0.375. The van der Waals surface area contributed by atoms with Crippen LogP contribution in [0.5, 0.6) is 11.6 Å². The Kier molecular flexibility index (Phi) is 5.10. The predicted molar refractivity (Wildman–Crippen MR) is 83.3 cm³/mol. The number of amides is 1. The van der Waals surface area contributed by atoms with Gasteiger partial charge < -0.3 is 24.4 Å². The molecule has 1 heterocycles. The first-order valence-corrected chi connectivity index (χ1v) is 7.19. The Morgan fingerprint density at radius 1 is 1.30 bits per heavy atom. The predicted octanol–water partition coefficient (Wildman–Crippen LogP) is 2.95. The summed E-state index contributed by atoms with van der Waals surface area (Å²) in [5.41, 5.74) is 0.243. The van der Waals surface area contributed by atoms with Gasteiger partial charge >= 0.3 is 6.09 Å². The van der Waals surface area contributed by atoms with Crippen LogP contribution >= 0.6 is 0 Å². The normalized spacial score (nSPS) is 11.1. The zero-order valence-electron chi connectivity index (χ0n) is 13.3. The van der Waals surface area contributed by atoms with Gasteiger partial charge in [-0.15, -0.1) is 0 Å². The van der Waals surface area contributed by atoms with Crippen molar-refractivity contribution in [3.63, 3.8) is 0 Å². The van der Waals surface area contributed by atoms with E-state index in [1.54, 1.807) is 51.1 Å². The Bertz CT molecular complexity index is 643. The minimum Gasteiger partial charge on any atom is -0.508 e. The van der Waals surface area contributed by atoms with Crippen molar-refractivity contribution in [2.75, 3.05) is 13.2 Å². The van der Waals surface area contributed by atoms with Gasteiger partial charge in [-0.05, 0) is 50.2 Å². The summed E-state index contributed by atoms with van der Waals surface area (Å²) < 4.78 is 15.7. The smallest absolute Gasteiger partial charge is 0.407 e. The molecule has 0 spiro atoms. The number of alkyl carbamates (subject to hydrolysis) is 1. The highest BCUT2D eigenvalue weighted by Crippen LogP contribution is 2.25. The number of nitrogens with zero attached hydrogens (tertiary/aromatic N) is 1. The first-order valence-electron chi connectivity index (χ1n) is 7.19. The summed E-state index contributed by atoms with van der Waals surface area (Å²) in [6.07, 6.45) is -0.494. The molecule has 0 saturated heterocycles. The van der Waals surface area contributed by atoms with E-state index < -0.39 is 11.7 Å². The molecule has 0 atom stereocenters. The number of hydrogen-bond acceptors (Lipinski definition) is 6. The van der Waals surface area contributed by atoms with Crippen molar-refractivity contribution in [1.29, 1.82) is 0 Å². The average Bonchev–Trinajstić information content (AvgIpc) is 2.91. The topological polar surface area (TPSA) is 93.8 Å². The summed E-state index contributed by atoms with van der Waals surface area (Å²) >= 11 is 0. The van der Waals surface area contributed by atoms with E-state index in [4.69, 9.17) is 14.0 Å². The van der Waals surface area contributed by atoms with Gasteiger partial charge in [-0.3, -0.25) is 0 Å². The highest BCUT2D eigenvalue weighted by Gasteiger charge is 2.15. The van der Waals surface area contributed by atoms with Crippen LogP contribution in [-0.4, -0.2) is 35.1 Å². The van der Waals surface area contributed by atoms with Gasteiger partial charge in [0.25, 0.3) is 5.88 Å². The first-order chi connectivity index (χ1) is 10.8. The Morgan fingerprint density at radius 2 is 2.00 bits per heavy atom. The number of aromatic nitrogens is 1. The molecule has 1 aromatic carbocycles. The minimum absolute atomic E-state index is 0.179. The van der Waals surface area contributed by atoms with Gasteiger partial charge in [0.05, 0.1) is 6.54 Å². The van der Waals surface area contributed by atoms with Gasteiger partial charge in [-0.1, -0.05) is 0 Å². The molecule has 2 aromatic rings. The zero-order valence-corrected chi connectivity index (χ0v) is 13.3. The Balaban J connectivity index is 1.77. The van der Waals surface area contributed by atoms with Gasteiger partial charge in [-0.25, -0.2) is 4.79 Å². The van der Waals surface area contributed by atoms with Crippen molar-refractivity contribution in [2.45, 2.75) is 26.4 Å². The highest BCUT2D eigenvalue weighted by molar-refractivity contribution is 5.67. The lowest BCUT2D eigenvalue weighted by Crippen LogP contribution is -2.34. The van der Waals surface area contributed by atoms with E-state index in [1.165, 1.54) is 0 Å². The number of benzene rings is 1.